The second-order valence-electron chi connectivity index (χ2n) is 4.51. The largest absolute Gasteiger partial charge is 0.480 e. The van der Waals surface area contributed by atoms with Crippen molar-refractivity contribution in [3.05, 3.63) is 16.4 Å². The van der Waals surface area contributed by atoms with Crippen LogP contribution in [0.1, 0.15) is 24.2 Å². The highest BCUT2D eigenvalue weighted by Crippen LogP contribution is 2.24. The summed E-state index contributed by atoms with van der Waals surface area (Å²) < 4.78 is 1.77. The predicted molar refractivity (Wildman–Crippen MR) is 64.2 cm³/mol. The Morgan fingerprint density at radius 1 is 1.65 bits per heavy atom. The highest BCUT2D eigenvalue weighted by Gasteiger charge is 2.29. The maximum atomic E-state index is 10.8. The van der Waals surface area contributed by atoms with Gasteiger partial charge in [0, 0.05) is 19.5 Å². The molecule has 5 nitrogen and oxygen atoms in total. The smallest absolute Gasteiger partial charge is 0.320 e. The quantitative estimate of drug-likeness (QED) is 0.852. The Morgan fingerprint density at radius 3 is 2.82 bits per heavy atom. The molecule has 2 heterocycles. The van der Waals surface area contributed by atoms with Crippen LogP contribution in [0.4, 0.5) is 0 Å². The van der Waals surface area contributed by atoms with E-state index in [1.54, 1.807) is 4.68 Å². The Morgan fingerprint density at radius 2 is 2.35 bits per heavy atom. The molecule has 94 valence electrons. The second kappa shape index (κ2) is 4.66. The molecular formula is C11H16ClN3O2. The highest BCUT2D eigenvalue weighted by atomic mass is 35.5. The van der Waals surface area contributed by atoms with Crippen LogP contribution in [0.2, 0.25) is 5.02 Å². The summed E-state index contributed by atoms with van der Waals surface area (Å²) in [6.07, 6.45) is 2.26. The molecule has 1 aromatic heterocycles. The van der Waals surface area contributed by atoms with Crippen molar-refractivity contribution in [1.29, 1.82) is 0 Å². The average Bonchev–Trinajstić information content (AvgIpc) is 2.80. The average molecular weight is 258 g/mol. The van der Waals surface area contributed by atoms with Crippen LogP contribution >= 0.6 is 11.6 Å². The summed E-state index contributed by atoms with van der Waals surface area (Å²) in [5.74, 6) is -0.778. The summed E-state index contributed by atoms with van der Waals surface area (Å²) in [6.45, 7) is 1.87. The topological polar surface area (TPSA) is 67.2 Å². The molecule has 6 heteroatoms. The molecule has 0 spiro atoms. The molecular weight excluding hydrogens is 242 g/mol. The van der Waals surface area contributed by atoms with Crippen molar-refractivity contribution < 1.29 is 9.90 Å². The third-order valence-electron chi connectivity index (χ3n) is 3.24. The standard InChI is InChI=1S/C11H16ClN3O2/c1-6-10(12)9(15(2)14-6)5-7-3-4-8(13-7)11(16)17/h7-8,13H,3-5H2,1-2H3,(H,16,17). The van der Waals surface area contributed by atoms with Crippen LogP contribution in [0.5, 0.6) is 0 Å². The fraction of sp³-hybridized carbons (Fsp3) is 0.636. The van der Waals surface area contributed by atoms with Crippen LogP contribution < -0.4 is 5.32 Å². The van der Waals surface area contributed by atoms with Crippen molar-refractivity contribution in [2.24, 2.45) is 7.05 Å². The van der Waals surface area contributed by atoms with Gasteiger partial charge in [-0.15, -0.1) is 0 Å². The summed E-state index contributed by atoms with van der Waals surface area (Å²) in [6, 6.07) is -0.253. The molecule has 0 saturated carbocycles. The molecule has 1 fully saturated rings. The predicted octanol–water partition coefficient (Wildman–Crippen LogP) is 1.13. The molecule has 1 aliphatic heterocycles. The van der Waals surface area contributed by atoms with E-state index in [-0.39, 0.29) is 6.04 Å². The van der Waals surface area contributed by atoms with Gasteiger partial charge in [-0.3, -0.25) is 9.48 Å². The lowest BCUT2D eigenvalue weighted by molar-refractivity contribution is -0.139. The van der Waals surface area contributed by atoms with Gasteiger partial charge in [0.05, 0.1) is 16.4 Å². The minimum absolute atomic E-state index is 0.170. The molecule has 1 aliphatic rings. The minimum atomic E-state index is -0.778. The Balaban J connectivity index is 2.05. The number of carbonyl (C=O) groups is 1. The van der Waals surface area contributed by atoms with Gasteiger partial charge < -0.3 is 10.4 Å². The van der Waals surface area contributed by atoms with Gasteiger partial charge in [0.15, 0.2) is 0 Å². The summed E-state index contributed by atoms with van der Waals surface area (Å²) in [7, 11) is 1.86. The van der Waals surface area contributed by atoms with Crippen molar-refractivity contribution in [1.82, 2.24) is 15.1 Å². The lowest BCUT2D eigenvalue weighted by atomic mass is 10.1. The van der Waals surface area contributed by atoms with E-state index in [2.05, 4.69) is 10.4 Å². The molecule has 1 saturated heterocycles. The first-order chi connectivity index (χ1) is 7.99. The first-order valence-electron chi connectivity index (χ1n) is 5.66. The SMILES string of the molecule is Cc1nn(C)c(CC2CCC(C(=O)O)N2)c1Cl. The normalized spacial score (nSPS) is 24.2. The zero-order valence-electron chi connectivity index (χ0n) is 9.90. The van der Waals surface area contributed by atoms with E-state index in [9.17, 15) is 4.79 Å². The van der Waals surface area contributed by atoms with E-state index in [0.29, 0.717) is 11.4 Å². The molecule has 2 atom stereocenters. The molecule has 1 aromatic rings. The van der Waals surface area contributed by atoms with Crippen LogP contribution in [0, 0.1) is 6.92 Å². The number of aliphatic carboxylic acids is 1. The number of hydrogen-bond acceptors (Lipinski definition) is 3. The van der Waals surface area contributed by atoms with Crippen LogP contribution in [0.25, 0.3) is 0 Å². The number of aromatic nitrogens is 2. The fourth-order valence-corrected chi connectivity index (χ4v) is 2.55. The Bertz CT molecular complexity index is 444. The molecule has 0 aromatic carbocycles. The Hall–Kier alpha value is -1.07. The van der Waals surface area contributed by atoms with Gasteiger partial charge in [0.2, 0.25) is 0 Å². The van der Waals surface area contributed by atoms with Gasteiger partial charge in [-0.1, -0.05) is 11.6 Å². The highest BCUT2D eigenvalue weighted by molar-refractivity contribution is 6.31. The molecule has 0 amide bonds. The lowest BCUT2D eigenvalue weighted by Crippen LogP contribution is -2.36. The molecule has 17 heavy (non-hydrogen) atoms. The van der Waals surface area contributed by atoms with E-state index in [4.69, 9.17) is 16.7 Å². The fourth-order valence-electron chi connectivity index (χ4n) is 2.31. The zero-order chi connectivity index (χ0) is 12.6. The van der Waals surface area contributed by atoms with Crippen molar-refractivity contribution >= 4 is 17.6 Å². The number of carboxylic acid groups (broad SMARTS) is 1. The lowest BCUT2D eigenvalue weighted by Gasteiger charge is -2.12. The molecule has 0 aliphatic carbocycles. The van der Waals surface area contributed by atoms with Gasteiger partial charge >= 0.3 is 5.97 Å². The zero-order valence-corrected chi connectivity index (χ0v) is 10.7. The van der Waals surface area contributed by atoms with Gasteiger partial charge in [-0.05, 0) is 19.8 Å². The monoisotopic (exact) mass is 257 g/mol. The first kappa shape index (κ1) is 12.4. The summed E-state index contributed by atoms with van der Waals surface area (Å²) in [5, 5.41) is 16.9. The number of carboxylic acids is 1. The Labute approximate surface area is 105 Å². The summed E-state index contributed by atoms with van der Waals surface area (Å²) in [5.41, 5.74) is 1.78. The molecule has 2 rings (SSSR count). The van der Waals surface area contributed by atoms with Gasteiger partial charge in [-0.2, -0.15) is 5.10 Å². The van der Waals surface area contributed by atoms with Crippen molar-refractivity contribution in [3.63, 3.8) is 0 Å². The number of hydrogen-bond donors (Lipinski definition) is 2. The number of nitrogens with zero attached hydrogens (tertiary/aromatic N) is 2. The van der Waals surface area contributed by atoms with Crippen LogP contribution in [-0.2, 0) is 18.3 Å². The van der Waals surface area contributed by atoms with E-state index < -0.39 is 12.0 Å². The van der Waals surface area contributed by atoms with Crippen molar-refractivity contribution in [2.75, 3.05) is 0 Å². The van der Waals surface area contributed by atoms with Crippen LogP contribution in [-0.4, -0.2) is 32.9 Å². The molecule has 0 radical (unpaired) electrons. The summed E-state index contributed by atoms with van der Waals surface area (Å²) in [4.78, 5) is 10.8. The molecule has 2 unspecified atom stereocenters. The number of aryl methyl sites for hydroxylation is 2. The van der Waals surface area contributed by atoms with E-state index >= 15 is 0 Å². The number of rotatable bonds is 3. The maximum Gasteiger partial charge on any atom is 0.320 e. The van der Waals surface area contributed by atoms with Gasteiger partial charge in [0.1, 0.15) is 6.04 Å². The van der Waals surface area contributed by atoms with E-state index in [0.717, 1.165) is 24.2 Å². The molecule has 0 bridgehead atoms. The van der Waals surface area contributed by atoms with E-state index in [1.165, 1.54) is 0 Å². The van der Waals surface area contributed by atoms with E-state index in [1.807, 2.05) is 14.0 Å². The number of halogens is 1. The third-order valence-corrected chi connectivity index (χ3v) is 3.73. The van der Waals surface area contributed by atoms with Crippen LogP contribution in [0.15, 0.2) is 0 Å². The van der Waals surface area contributed by atoms with Gasteiger partial charge in [0.25, 0.3) is 0 Å². The molecule has 2 N–H and O–H groups in total. The van der Waals surface area contributed by atoms with Crippen LogP contribution in [0.3, 0.4) is 0 Å². The summed E-state index contributed by atoms with van der Waals surface area (Å²) >= 11 is 6.16. The van der Waals surface area contributed by atoms with Crippen molar-refractivity contribution in [2.45, 2.75) is 38.3 Å². The maximum absolute atomic E-state index is 10.8. The number of nitrogens with one attached hydrogen (secondary N) is 1. The second-order valence-corrected chi connectivity index (χ2v) is 4.88. The minimum Gasteiger partial charge on any atom is -0.480 e. The van der Waals surface area contributed by atoms with Crippen molar-refractivity contribution in [3.8, 4) is 0 Å². The third kappa shape index (κ3) is 2.45. The first-order valence-corrected chi connectivity index (χ1v) is 6.03. The van der Waals surface area contributed by atoms with Gasteiger partial charge in [-0.25, -0.2) is 0 Å². The Kier molecular flexibility index (Phi) is 3.40.